The van der Waals surface area contributed by atoms with Gasteiger partial charge in [-0.25, -0.2) is 4.79 Å². The van der Waals surface area contributed by atoms with Crippen molar-refractivity contribution in [2.75, 3.05) is 20.8 Å². The molecule has 7 heteroatoms. The number of H-pyrrole nitrogens is 1. The van der Waals surface area contributed by atoms with E-state index in [0.717, 1.165) is 25.7 Å². The van der Waals surface area contributed by atoms with Crippen LogP contribution in [0.15, 0.2) is 29.1 Å². The standard InChI is InChI=1S/C19H23N3O4/c1-25-12-7-8-19(26-2)9-10-22(15(19)11-12)17(23)16-13-5-3-4-6-14(13)20-18(24)21-16/h3-6,12,15H,7-11H2,1-2H3,(H,20,21,24)/t12-,15+,19-/m1/s1. The maximum Gasteiger partial charge on any atom is 0.346 e. The van der Waals surface area contributed by atoms with Gasteiger partial charge in [0.1, 0.15) is 5.69 Å². The fraction of sp³-hybridized carbons (Fsp3) is 0.526. The molecule has 7 nitrogen and oxygen atoms in total. The summed E-state index contributed by atoms with van der Waals surface area (Å²) in [5.41, 5.74) is -0.0215. The van der Waals surface area contributed by atoms with Crippen LogP contribution >= 0.6 is 0 Å². The van der Waals surface area contributed by atoms with Gasteiger partial charge in [-0.2, -0.15) is 4.98 Å². The molecule has 0 radical (unpaired) electrons. The first-order valence-electron chi connectivity index (χ1n) is 8.96. The van der Waals surface area contributed by atoms with Gasteiger partial charge in [-0.1, -0.05) is 18.2 Å². The number of hydrogen-bond donors (Lipinski definition) is 1. The lowest BCUT2D eigenvalue weighted by atomic mass is 9.79. The Morgan fingerprint density at radius 3 is 2.88 bits per heavy atom. The Kier molecular flexibility index (Phi) is 4.28. The second-order valence-corrected chi connectivity index (χ2v) is 7.10. The maximum atomic E-state index is 13.3. The number of hydrogen-bond acceptors (Lipinski definition) is 5. The average Bonchev–Trinajstić information content (AvgIpc) is 3.05. The summed E-state index contributed by atoms with van der Waals surface area (Å²) in [6.45, 7) is 0.594. The lowest BCUT2D eigenvalue weighted by molar-refractivity contribution is -0.0893. The SMILES string of the molecule is CO[C@@H]1CC[C@@]2(OC)CCN(C(=O)c3nc(=O)[nH]c4ccccc34)[C@H]2C1. The summed E-state index contributed by atoms with van der Waals surface area (Å²) in [6.07, 6.45) is 3.42. The van der Waals surface area contributed by atoms with Crippen LogP contribution in [0.25, 0.3) is 10.9 Å². The monoisotopic (exact) mass is 357 g/mol. The lowest BCUT2D eigenvalue weighted by Gasteiger charge is -2.43. The molecule has 1 aromatic heterocycles. The molecule has 1 saturated heterocycles. The van der Waals surface area contributed by atoms with Crippen molar-refractivity contribution < 1.29 is 14.3 Å². The zero-order valence-corrected chi connectivity index (χ0v) is 15.0. The normalized spacial score (nSPS) is 28.3. The molecule has 3 atom stereocenters. The van der Waals surface area contributed by atoms with Gasteiger partial charge in [0.15, 0.2) is 0 Å². The molecule has 0 unspecified atom stereocenters. The number of nitrogens with zero attached hydrogens (tertiary/aromatic N) is 2. The fourth-order valence-electron chi connectivity index (χ4n) is 4.52. The molecule has 1 amide bonds. The minimum atomic E-state index is -0.511. The zero-order valence-electron chi connectivity index (χ0n) is 15.0. The largest absolute Gasteiger partial charge is 0.381 e. The Bertz CT molecular complexity index is 896. The van der Waals surface area contributed by atoms with Crippen molar-refractivity contribution in [1.29, 1.82) is 0 Å². The summed E-state index contributed by atoms with van der Waals surface area (Å²) in [7, 11) is 3.42. The van der Waals surface area contributed by atoms with Gasteiger partial charge in [0.2, 0.25) is 0 Å². The van der Waals surface area contributed by atoms with Crippen LogP contribution in [0.1, 0.15) is 36.2 Å². The van der Waals surface area contributed by atoms with Crippen LogP contribution in [0.5, 0.6) is 0 Å². The Morgan fingerprint density at radius 1 is 1.31 bits per heavy atom. The number of fused-ring (bicyclic) bond motifs is 2. The van der Waals surface area contributed by atoms with Crippen molar-refractivity contribution in [3.8, 4) is 0 Å². The molecule has 138 valence electrons. The van der Waals surface area contributed by atoms with Crippen LogP contribution in [0.3, 0.4) is 0 Å². The van der Waals surface area contributed by atoms with Crippen molar-refractivity contribution in [3.05, 3.63) is 40.4 Å². The Morgan fingerprint density at radius 2 is 2.12 bits per heavy atom. The number of carbonyl (C=O) groups is 1. The number of aromatic nitrogens is 2. The predicted molar refractivity (Wildman–Crippen MR) is 96.2 cm³/mol. The summed E-state index contributed by atoms with van der Waals surface area (Å²) in [6, 6.07) is 7.18. The van der Waals surface area contributed by atoms with Gasteiger partial charge in [0.25, 0.3) is 5.91 Å². The van der Waals surface area contributed by atoms with Crippen LogP contribution in [0.2, 0.25) is 0 Å². The number of ether oxygens (including phenoxy) is 2. The number of para-hydroxylation sites is 1. The number of amides is 1. The highest BCUT2D eigenvalue weighted by molar-refractivity contribution is 6.04. The van der Waals surface area contributed by atoms with Crippen LogP contribution < -0.4 is 5.69 Å². The summed E-state index contributed by atoms with van der Waals surface area (Å²) >= 11 is 0. The quantitative estimate of drug-likeness (QED) is 0.904. The van der Waals surface area contributed by atoms with Crippen molar-refractivity contribution in [2.45, 2.75) is 43.4 Å². The highest BCUT2D eigenvalue weighted by Crippen LogP contribution is 2.43. The molecule has 1 saturated carbocycles. The van der Waals surface area contributed by atoms with E-state index in [0.29, 0.717) is 17.4 Å². The van der Waals surface area contributed by atoms with Crippen LogP contribution in [-0.2, 0) is 9.47 Å². The van der Waals surface area contributed by atoms with Crippen molar-refractivity contribution in [1.82, 2.24) is 14.9 Å². The Labute approximate surface area is 151 Å². The zero-order chi connectivity index (χ0) is 18.3. The van der Waals surface area contributed by atoms with E-state index in [1.54, 1.807) is 20.3 Å². The third kappa shape index (κ3) is 2.62. The minimum absolute atomic E-state index is 0.0708. The number of likely N-dealkylation sites (tertiary alicyclic amines) is 1. The lowest BCUT2D eigenvalue weighted by Crippen LogP contribution is -2.53. The molecule has 0 bridgehead atoms. The van der Waals surface area contributed by atoms with E-state index >= 15 is 0 Å². The number of nitrogens with one attached hydrogen (secondary N) is 1. The molecule has 2 aromatic rings. The number of aromatic amines is 1. The molecular weight excluding hydrogens is 334 g/mol. The highest BCUT2D eigenvalue weighted by atomic mass is 16.5. The van der Waals surface area contributed by atoms with Gasteiger partial charge in [-0.15, -0.1) is 0 Å². The van der Waals surface area contributed by atoms with Gasteiger partial charge < -0.3 is 19.4 Å². The number of rotatable bonds is 3. The summed E-state index contributed by atoms with van der Waals surface area (Å²) in [5.74, 6) is -0.215. The van der Waals surface area contributed by atoms with Gasteiger partial charge in [-0.3, -0.25) is 4.79 Å². The molecule has 1 aromatic carbocycles. The molecule has 2 fully saturated rings. The number of benzene rings is 1. The van der Waals surface area contributed by atoms with Crippen LogP contribution in [0.4, 0.5) is 0 Å². The average molecular weight is 357 g/mol. The fourth-order valence-corrected chi connectivity index (χ4v) is 4.52. The summed E-state index contributed by atoms with van der Waals surface area (Å²) < 4.78 is 11.4. The minimum Gasteiger partial charge on any atom is -0.381 e. The summed E-state index contributed by atoms with van der Waals surface area (Å²) in [5, 5.41) is 0.658. The van der Waals surface area contributed by atoms with Gasteiger partial charge in [-0.05, 0) is 31.7 Å². The van der Waals surface area contributed by atoms with E-state index in [2.05, 4.69) is 9.97 Å². The van der Waals surface area contributed by atoms with E-state index < -0.39 is 5.69 Å². The molecule has 2 heterocycles. The van der Waals surface area contributed by atoms with Crippen LogP contribution in [0, 0.1) is 0 Å². The Hall–Kier alpha value is -2.25. The molecule has 1 aliphatic heterocycles. The first-order valence-corrected chi connectivity index (χ1v) is 8.96. The molecule has 26 heavy (non-hydrogen) atoms. The summed E-state index contributed by atoms with van der Waals surface area (Å²) in [4.78, 5) is 33.8. The first kappa shape index (κ1) is 17.2. The smallest absolute Gasteiger partial charge is 0.346 e. The second kappa shape index (κ2) is 6.48. The van der Waals surface area contributed by atoms with E-state index in [4.69, 9.17) is 9.47 Å². The van der Waals surface area contributed by atoms with E-state index in [1.807, 2.05) is 23.1 Å². The maximum absolute atomic E-state index is 13.3. The van der Waals surface area contributed by atoms with E-state index in [1.165, 1.54) is 0 Å². The van der Waals surface area contributed by atoms with Gasteiger partial charge in [0, 0.05) is 26.2 Å². The van der Waals surface area contributed by atoms with Crippen LogP contribution in [-0.4, -0.2) is 59.3 Å². The predicted octanol–water partition coefficient (Wildman–Crippen LogP) is 1.72. The first-order chi connectivity index (χ1) is 12.6. The van der Waals surface area contributed by atoms with Crippen molar-refractivity contribution in [3.63, 3.8) is 0 Å². The molecule has 2 aliphatic rings. The molecule has 1 N–H and O–H groups in total. The van der Waals surface area contributed by atoms with E-state index in [9.17, 15) is 9.59 Å². The van der Waals surface area contributed by atoms with E-state index in [-0.39, 0.29) is 29.3 Å². The number of carbonyl (C=O) groups excluding carboxylic acids is 1. The van der Waals surface area contributed by atoms with Gasteiger partial charge >= 0.3 is 5.69 Å². The topological polar surface area (TPSA) is 84.5 Å². The molecule has 4 rings (SSSR count). The molecule has 0 spiro atoms. The molecular formula is C19H23N3O4. The second-order valence-electron chi connectivity index (χ2n) is 7.10. The van der Waals surface area contributed by atoms with Crippen molar-refractivity contribution >= 4 is 16.8 Å². The van der Waals surface area contributed by atoms with Gasteiger partial charge in [0.05, 0.1) is 23.3 Å². The third-order valence-electron chi connectivity index (χ3n) is 5.98. The molecule has 1 aliphatic carbocycles. The Balaban J connectivity index is 1.74. The number of methoxy groups -OCH3 is 2. The third-order valence-corrected chi connectivity index (χ3v) is 5.98. The highest BCUT2D eigenvalue weighted by Gasteiger charge is 2.53. The van der Waals surface area contributed by atoms with Crippen molar-refractivity contribution in [2.24, 2.45) is 0 Å².